The van der Waals surface area contributed by atoms with Gasteiger partial charge in [-0.1, -0.05) is 12.1 Å². The molecule has 0 atom stereocenters. The Hall–Kier alpha value is -2.51. The minimum absolute atomic E-state index is 0.122. The van der Waals surface area contributed by atoms with E-state index in [1.807, 2.05) is 6.07 Å². The second-order valence-electron chi connectivity index (χ2n) is 6.17. The number of carbonyl (C=O) groups is 1. The lowest BCUT2D eigenvalue weighted by Gasteiger charge is -2.26. The van der Waals surface area contributed by atoms with Gasteiger partial charge in [0.1, 0.15) is 11.6 Å². The van der Waals surface area contributed by atoms with Crippen LogP contribution in [0.4, 0.5) is 15.9 Å². The van der Waals surface area contributed by atoms with Crippen LogP contribution in [0.3, 0.4) is 0 Å². The van der Waals surface area contributed by atoms with E-state index in [1.54, 1.807) is 24.4 Å². The van der Waals surface area contributed by atoms with Gasteiger partial charge < -0.3 is 15.4 Å². The van der Waals surface area contributed by atoms with Crippen molar-refractivity contribution in [1.82, 2.24) is 9.88 Å². The average Bonchev–Trinajstić information content (AvgIpc) is 2.64. The van der Waals surface area contributed by atoms with E-state index in [0.717, 1.165) is 45.2 Å². The van der Waals surface area contributed by atoms with Gasteiger partial charge in [-0.05, 0) is 29.8 Å². The zero-order valence-corrected chi connectivity index (χ0v) is 14.6. The highest BCUT2D eigenvalue weighted by atomic mass is 19.1. The number of carbonyl (C=O) groups excluding carboxylic acids is 1. The third-order valence-corrected chi connectivity index (χ3v) is 4.14. The minimum Gasteiger partial charge on any atom is -0.379 e. The fourth-order valence-corrected chi connectivity index (χ4v) is 2.78. The molecule has 7 heteroatoms. The molecule has 26 heavy (non-hydrogen) atoms. The molecule has 138 valence electrons. The predicted octanol–water partition coefficient (Wildman–Crippen LogP) is 2.15. The largest absolute Gasteiger partial charge is 0.379 e. The van der Waals surface area contributed by atoms with Crippen molar-refractivity contribution in [3.8, 4) is 0 Å². The molecule has 2 heterocycles. The molecule has 2 aromatic rings. The van der Waals surface area contributed by atoms with E-state index in [0.29, 0.717) is 11.3 Å². The molecule has 1 aliphatic rings. The van der Waals surface area contributed by atoms with E-state index >= 15 is 0 Å². The van der Waals surface area contributed by atoms with Gasteiger partial charge in [-0.2, -0.15) is 0 Å². The van der Waals surface area contributed by atoms with Gasteiger partial charge in [-0.25, -0.2) is 9.37 Å². The van der Waals surface area contributed by atoms with Crippen molar-refractivity contribution in [3.63, 3.8) is 0 Å². The number of benzene rings is 1. The molecule has 0 spiro atoms. The zero-order valence-electron chi connectivity index (χ0n) is 14.6. The van der Waals surface area contributed by atoms with Crippen LogP contribution in [0.15, 0.2) is 42.6 Å². The number of halogens is 1. The van der Waals surface area contributed by atoms with Crippen LogP contribution in [0.25, 0.3) is 0 Å². The van der Waals surface area contributed by atoms with Gasteiger partial charge in [0.25, 0.3) is 0 Å². The molecule has 0 unspecified atom stereocenters. The number of hydrogen-bond acceptors (Lipinski definition) is 5. The van der Waals surface area contributed by atoms with Gasteiger partial charge in [-0.3, -0.25) is 9.69 Å². The molecule has 0 saturated carbocycles. The standard InChI is InChI=1S/C19H23FN4O2/c20-16-3-1-2-15(12-16)13-19(25)23-17-4-5-18(22-14-17)21-6-7-24-8-10-26-11-9-24/h1-5,12,14H,6-11,13H2,(H,21,22)(H,23,25). The lowest BCUT2D eigenvalue weighted by atomic mass is 10.1. The number of aromatic nitrogens is 1. The Bertz CT molecular complexity index is 718. The van der Waals surface area contributed by atoms with Crippen molar-refractivity contribution in [2.45, 2.75) is 6.42 Å². The van der Waals surface area contributed by atoms with Crippen molar-refractivity contribution >= 4 is 17.4 Å². The lowest BCUT2D eigenvalue weighted by Crippen LogP contribution is -2.39. The number of amides is 1. The van der Waals surface area contributed by atoms with E-state index < -0.39 is 0 Å². The molecule has 1 amide bonds. The molecule has 1 aliphatic heterocycles. The number of ether oxygens (including phenoxy) is 1. The Kier molecular flexibility index (Phi) is 6.51. The van der Waals surface area contributed by atoms with E-state index in [4.69, 9.17) is 4.74 Å². The molecule has 1 aromatic carbocycles. The second kappa shape index (κ2) is 9.26. The Balaban J connectivity index is 1.42. The van der Waals surface area contributed by atoms with Crippen LogP contribution in [0.5, 0.6) is 0 Å². The van der Waals surface area contributed by atoms with E-state index in [2.05, 4.69) is 20.5 Å². The second-order valence-corrected chi connectivity index (χ2v) is 6.17. The van der Waals surface area contributed by atoms with E-state index in [1.165, 1.54) is 12.1 Å². The van der Waals surface area contributed by atoms with Crippen molar-refractivity contribution in [1.29, 1.82) is 0 Å². The topological polar surface area (TPSA) is 66.5 Å². The number of hydrogen-bond donors (Lipinski definition) is 2. The predicted molar refractivity (Wildman–Crippen MR) is 98.7 cm³/mol. The van der Waals surface area contributed by atoms with Crippen LogP contribution >= 0.6 is 0 Å². The first-order chi connectivity index (χ1) is 12.7. The smallest absolute Gasteiger partial charge is 0.228 e. The first-order valence-electron chi connectivity index (χ1n) is 8.73. The Morgan fingerprint density at radius 1 is 1.23 bits per heavy atom. The third kappa shape index (κ3) is 5.79. The van der Waals surface area contributed by atoms with Crippen molar-refractivity contribution < 1.29 is 13.9 Å². The van der Waals surface area contributed by atoms with Crippen LogP contribution in [-0.4, -0.2) is 55.2 Å². The van der Waals surface area contributed by atoms with Gasteiger partial charge in [-0.15, -0.1) is 0 Å². The molecule has 2 N–H and O–H groups in total. The van der Waals surface area contributed by atoms with Gasteiger partial charge in [0.15, 0.2) is 0 Å². The number of nitrogens with one attached hydrogen (secondary N) is 2. The molecule has 3 rings (SSSR count). The number of pyridine rings is 1. The number of rotatable bonds is 7. The molecule has 0 radical (unpaired) electrons. The highest BCUT2D eigenvalue weighted by Gasteiger charge is 2.09. The number of nitrogens with zero attached hydrogens (tertiary/aromatic N) is 2. The molecule has 0 bridgehead atoms. The quantitative estimate of drug-likeness (QED) is 0.794. The van der Waals surface area contributed by atoms with E-state index in [9.17, 15) is 9.18 Å². The highest BCUT2D eigenvalue weighted by Crippen LogP contribution is 2.11. The highest BCUT2D eigenvalue weighted by molar-refractivity contribution is 5.92. The van der Waals surface area contributed by atoms with Crippen LogP contribution in [-0.2, 0) is 16.0 Å². The molecular formula is C19H23FN4O2. The first kappa shape index (κ1) is 18.3. The third-order valence-electron chi connectivity index (χ3n) is 4.14. The average molecular weight is 358 g/mol. The maximum absolute atomic E-state index is 13.2. The molecular weight excluding hydrogens is 335 g/mol. The molecule has 6 nitrogen and oxygen atoms in total. The first-order valence-corrected chi connectivity index (χ1v) is 8.73. The lowest BCUT2D eigenvalue weighted by molar-refractivity contribution is -0.115. The van der Waals surface area contributed by atoms with Crippen LogP contribution in [0, 0.1) is 5.82 Å². The van der Waals surface area contributed by atoms with Crippen LogP contribution in [0.2, 0.25) is 0 Å². The maximum Gasteiger partial charge on any atom is 0.228 e. The minimum atomic E-state index is -0.343. The van der Waals surface area contributed by atoms with Crippen LogP contribution in [0.1, 0.15) is 5.56 Å². The van der Waals surface area contributed by atoms with Crippen molar-refractivity contribution in [2.24, 2.45) is 0 Å². The Morgan fingerprint density at radius 3 is 2.81 bits per heavy atom. The van der Waals surface area contributed by atoms with E-state index in [-0.39, 0.29) is 18.1 Å². The summed E-state index contributed by atoms with van der Waals surface area (Å²) in [6, 6.07) is 9.67. The summed E-state index contributed by atoms with van der Waals surface area (Å²) >= 11 is 0. The fourth-order valence-electron chi connectivity index (χ4n) is 2.78. The molecule has 1 saturated heterocycles. The SMILES string of the molecule is O=C(Cc1cccc(F)c1)Nc1ccc(NCCN2CCOCC2)nc1. The summed E-state index contributed by atoms with van der Waals surface area (Å²) in [5, 5.41) is 6.04. The van der Waals surface area contributed by atoms with Crippen molar-refractivity contribution in [2.75, 3.05) is 50.0 Å². The monoisotopic (exact) mass is 358 g/mol. The van der Waals surface area contributed by atoms with Crippen LogP contribution < -0.4 is 10.6 Å². The number of morpholine rings is 1. The van der Waals surface area contributed by atoms with Gasteiger partial charge in [0, 0.05) is 26.2 Å². The Labute approximate surface area is 152 Å². The zero-order chi connectivity index (χ0) is 18.2. The molecule has 1 aromatic heterocycles. The van der Waals surface area contributed by atoms with Gasteiger partial charge >= 0.3 is 0 Å². The van der Waals surface area contributed by atoms with Gasteiger partial charge in [0.05, 0.1) is 31.5 Å². The normalized spacial score (nSPS) is 14.8. The molecule has 1 fully saturated rings. The van der Waals surface area contributed by atoms with Gasteiger partial charge in [0.2, 0.25) is 5.91 Å². The summed E-state index contributed by atoms with van der Waals surface area (Å²) in [6.07, 6.45) is 1.73. The fraction of sp³-hybridized carbons (Fsp3) is 0.368. The summed E-state index contributed by atoms with van der Waals surface area (Å²) in [6.45, 7) is 5.26. The maximum atomic E-state index is 13.2. The summed E-state index contributed by atoms with van der Waals surface area (Å²) < 4.78 is 18.5. The Morgan fingerprint density at radius 2 is 2.08 bits per heavy atom. The molecule has 0 aliphatic carbocycles. The number of anilines is 2. The summed E-state index contributed by atoms with van der Waals surface area (Å²) in [4.78, 5) is 18.7. The summed E-state index contributed by atoms with van der Waals surface area (Å²) in [5.74, 6) is 0.219. The summed E-state index contributed by atoms with van der Waals surface area (Å²) in [5.41, 5.74) is 1.25. The summed E-state index contributed by atoms with van der Waals surface area (Å²) in [7, 11) is 0. The van der Waals surface area contributed by atoms with Crippen molar-refractivity contribution in [3.05, 3.63) is 54.0 Å².